The smallest absolute Gasteiger partial charge is 0.305 e. The van der Waals surface area contributed by atoms with Crippen LogP contribution >= 0.6 is 0 Å². The molecule has 1 rings (SSSR count). The normalized spacial score (nSPS) is 12.4. The van der Waals surface area contributed by atoms with Crippen molar-refractivity contribution in [2.45, 2.75) is 44.6 Å². The van der Waals surface area contributed by atoms with E-state index in [1.807, 2.05) is 0 Å². The summed E-state index contributed by atoms with van der Waals surface area (Å²) >= 11 is 0. The largest absolute Gasteiger partial charge is 0.481 e. The minimum Gasteiger partial charge on any atom is -0.481 e. The van der Waals surface area contributed by atoms with E-state index in [-0.39, 0.29) is 22.4 Å². The fourth-order valence-corrected chi connectivity index (χ4v) is 4.02. The molecule has 0 atom stereocenters. The van der Waals surface area contributed by atoms with Crippen molar-refractivity contribution >= 4 is 16.0 Å². The zero-order valence-corrected chi connectivity index (χ0v) is 12.6. The molecule has 0 spiro atoms. The SMILES string of the molecule is Cc1cc(F)cc(C)c1S(=O)(=O)NC(C)(C)CC(=O)O. The van der Waals surface area contributed by atoms with Crippen LogP contribution in [0.5, 0.6) is 0 Å². The van der Waals surface area contributed by atoms with Gasteiger partial charge in [0.1, 0.15) is 5.82 Å². The van der Waals surface area contributed by atoms with E-state index >= 15 is 0 Å². The van der Waals surface area contributed by atoms with Gasteiger partial charge in [-0.1, -0.05) is 0 Å². The van der Waals surface area contributed by atoms with Gasteiger partial charge in [0, 0.05) is 5.54 Å². The van der Waals surface area contributed by atoms with Crippen LogP contribution < -0.4 is 4.72 Å². The number of carboxylic acids is 1. The molecule has 0 aliphatic rings. The lowest BCUT2D eigenvalue weighted by Crippen LogP contribution is -2.45. The highest BCUT2D eigenvalue weighted by molar-refractivity contribution is 7.89. The first-order valence-corrected chi connectivity index (χ1v) is 7.45. The molecule has 7 heteroatoms. The summed E-state index contributed by atoms with van der Waals surface area (Å²) in [6, 6.07) is 2.26. The van der Waals surface area contributed by atoms with Crippen molar-refractivity contribution < 1.29 is 22.7 Å². The number of benzene rings is 1. The van der Waals surface area contributed by atoms with Gasteiger partial charge >= 0.3 is 5.97 Å². The van der Waals surface area contributed by atoms with E-state index in [2.05, 4.69) is 4.72 Å². The summed E-state index contributed by atoms with van der Waals surface area (Å²) in [7, 11) is -3.92. The molecule has 0 amide bonds. The van der Waals surface area contributed by atoms with E-state index in [0.717, 1.165) is 12.1 Å². The molecule has 0 fully saturated rings. The molecule has 0 aromatic heterocycles. The van der Waals surface area contributed by atoms with Gasteiger partial charge in [-0.05, 0) is 51.0 Å². The standard InChI is InChI=1S/C13H18FNO4S/c1-8-5-10(14)6-9(2)12(8)20(18,19)15-13(3,4)7-11(16)17/h5-6,15H,7H2,1-4H3,(H,16,17). The third-order valence-corrected chi connectivity index (χ3v) is 4.70. The molecule has 0 aliphatic heterocycles. The Balaban J connectivity index is 3.22. The minimum absolute atomic E-state index is 0.0163. The Morgan fingerprint density at radius 3 is 2.15 bits per heavy atom. The van der Waals surface area contributed by atoms with Crippen LogP contribution in [0.1, 0.15) is 31.4 Å². The molecule has 1 aromatic rings. The number of nitrogens with one attached hydrogen (secondary N) is 1. The molecular weight excluding hydrogens is 285 g/mol. The predicted molar refractivity (Wildman–Crippen MR) is 72.5 cm³/mol. The van der Waals surface area contributed by atoms with Gasteiger partial charge in [0.2, 0.25) is 10.0 Å². The summed E-state index contributed by atoms with van der Waals surface area (Å²) in [6.45, 7) is 5.95. The van der Waals surface area contributed by atoms with Crippen LogP contribution in [0.2, 0.25) is 0 Å². The van der Waals surface area contributed by atoms with E-state index in [4.69, 9.17) is 5.11 Å². The maximum Gasteiger partial charge on any atom is 0.305 e. The first-order chi connectivity index (χ1) is 8.94. The Hall–Kier alpha value is -1.47. The van der Waals surface area contributed by atoms with E-state index in [0.29, 0.717) is 0 Å². The zero-order valence-electron chi connectivity index (χ0n) is 11.8. The summed E-state index contributed by atoms with van der Waals surface area (Å²) < 4.78 is 40.3. The van der Waals surface area contributed by atoms with E-state index < -0.39 is 27.3 Å². The Labute approximate surface area is 117 Å². The van der Waals surface area contributed by atoms with Crippen LogP contribution in [-0.4, -0.2) is 25.0 Å². The molecular formula is C13H18FNO4S. The minimum atomic E-state index is -3.92. The van der Waals surface area contributed by atoms with E-state index in [9.17, 15) is 17.6 Å². The molecule has 5 nitrogen and oxygen atoms in total. The molecule has 0 bridgehead atoms. The Bertz CT molecular complexity index is 615. The summed E-state index contributed by atoms with van der Waals surface area (Å²) in [5, 5.41) is 8.78. The number of hydrogen-bond acceptors (Lipinski definition) is 3. The fourth-order valence-electron chi connectivity index (χ4n) is 2.15. The van der Waals surface area contributed by atoms with Gasteiger partial charge in [-0.25, -0.2) is 17.5 Å². The number of aliphatic carboxylic acids is 1. The van der Waals surface area contributed by atoms with Gasteiger partial charge in [0.05, 0.1) is 11.3 Å². The van der Waals surface area contributed by atoms with Gasteiger partial charge in [0.15, 0.2) is 0 Å². The lowest BCUT2D eigenvalue weighted by Gasteiger charge is -2.25. The molecule has 0 radical (unpaired) electrons. The van der Waals surface area contributed by atoms with E-state index in [1.165, 1.54) is 27.7 Å². The van der Waals surface area contributed by atoms with Gasteiger partial charge in [-0.15, -0.1) is 0 Å². The van der Waals surface area contributed by atoms with Gasteiger partial charge < -0.3 is 5.11 Å². The maximum atomic E-state index is 13.2. The van der Waals surface area contributed by atoms with Crippen molar-refractivity contribution in [2.75, 3.05) is 0 Å². The number of rotatable bonds is 5. The highest BCUT2D eigenvalue weighted by Gasteiger charge is 2.30. The number of aryl methyl sites for hydroxylation is 2. The van der Waals surface area contributed by atoms with Crippen LogP contribution in [-0.2, 0) is 14.8 Å². The quantitative estimate of drug-likeness (QED) is 0.871. The van der Waals surface area contributed by atoms with E-state index in [1.54, 1.807) is 0 Å². The summed E-state index contributed by atoms with van der Waals surface area (Å²) in [6.07, 6.45) is -0.356. The number of carboxylic acid groups (broad SMARTS) is 1. The molecule has 0 saturated carbocycles. The van der Waals surface area contributed by atoms with Gasteiger partial charge in [-0.2, -0.15) is 0 Å². The topological polar surface area (TPSA) is 83.5 Å². The molecule has 112 valence electrons. The third-order valence-electron chi connectivity index (χ3n) is 2.70. The zero-order chi connectivity index (χ0) is 15.7. The Kier molecular flexibility index (Phi) is 4.55. The number of sulfonamides is 1. The number of carbonyl (C=O) groups is 1. The monoisotopic (exact) mass is 303 g/mol. The lowest BCUT2D eigenvalue weighted by molar-refractivity contribution is -0.138. The summed E-state index contributed by atoms with van der Waals surface area (Å²) in [5.74, 6) is -1.62. The predicted octanol–water partition coefficient (Wildman–Crippen LogP) is 1.97. The van der Waals surface area contributed by atoms with Crippen LogP contribution in [0, 0.1) is 19.7 Å². The first-order valence-electron chi connectivity index (χ1n) is 5.97. The summed E-state index contributed by atoms with van der Waals surface area (Å²) in [4.78, 5) is 10.7. The second-order valence-electron chi connectivity index (χ2n) is 5.43. The van der Waals surface area contributed by atoms with Crippen molar-refractivity contribution in [3.63, 3.8) is 0 Å². The third kappa shape index (κ3) is 4.01. The fraction of sp³-hybridized carbons (Fsp3) is 0.462. The molecule has 0 unspecified atom stereocenters. The highest BCUT2D eigenvalue weighted by atomic mass is 32.2. The van der Waals surface area contributed by atoms with Crippen molar-refractivity contribution in [1.29, 1.82) is 0 Å². The molecule has 1 aromatic carbocycles. The molecule has 2 N–H and O–H groups in total. The van der Waals surface area contributed by atoms with Crippen LogP contribution in [0.15, 0.2) is 17.0 Å². The van der Waals surface area contributed by atoms with Crippen molar-refractivity contribution in [2.24, 2.45) is 0 Å². The number of hydrogen-bond donors (Lipinski definition) is 2. The molecule has 20 heavy (non-hydrogen) atoms. The highest BCUT2D eigenvalue weighted by Crippen LogP contribution is 2.23. The molecule has 0 saturated heterocycles. The van der Waals surface area contributed by atoms with Crippen LogP contribution in [0.25, 0.3) is 0 Å². The van der Waals surface area contributed by atoms with Crippen molar-refractivity contribution in [3.8, 4) is 0 Å². The average Bonchev–Trinajstić information content (AvgIpc) is 2.08. The molecule has 0 aliphatic carbocycles. The van der Waals surface area contributed by atoms with Gasteiger partial charge in [0.25, 0.3) is 0 Å². The Morgan fingerprint density at radius 2 is 1.75 bits per heavy atom. The van der Waals surface area contributed by atoms with Crippen molar-refractivity contribution in [3.05, 3.63) is 29.1 Å². The molecule has 0 heterocycles. The second-order valence-corrected chi connectivity index (χ2v) is 7.05. The first kappa shape index (κ1) is 16.6. The lowest BCUT2D eigenvalue weighted by atomic mass is 10.0. The van der Waals surface area contributed by atoms with Crippen molar-refractivity contribution in [1.82, 2.24) is 4.72 Å². The van der Waals surface area contributed by atoms with Crippen LogP contribution in [0.3, 0.4) is 0 Å². The maximum absolute atomic E-state index is 13.2. The summed E-state index contributed by atoms with van der Waals surface area (Å²) in [5.41, 5.74) is -0.583. The second kappa shape index (κ2) is 5.49. The average molecular weight is 303 g/mol. The van der Waals surface area contributed by atoms with Gasteiger partial charge in [-0.3, -0.25) is 4.79 Å². The van der Waals surface area contributed by atoms with Crippen LogP contribution in [0.4, 0.5) is 4.39 Å². The number of halogens is 1. The Morgan fingerprint density at radius 1 is 1.30 bits per heavy atom.